The van der Waals surface area contributed by atoms with Gasteiger partial charge < -0.3 is 14.4 Å². The molecule has 2 aromatic rings. The van der Waals surface area contributed by atoms with Crippen LogP contribution < -0.4 is 61.5 Å². The van der Waals surface area contributed by atoms with Crippen LogP contribution in [0.25, 0.3) is 0 Å². The molecule has 0 saturated carbocycles. The van der Waals surface area contributed by atoms with E-state index in [1.165, 1.54) is 37.6 Å². The van der Waals surface area contributed by atoms with E-state index in [1.807, 2.05) is 0 Å². The molecule has 0 radical (unpaired) electrons. The van der Waals surface area contributed by atoms with Gasteiger partial charge in [0.05, 0.1) is 23.9 Å². The van der Waals surface area contributed by atoms with Gasteiger partial charge in [-0.3, -0.25) is 5.43 Å². The van der Waals surface area contributed by atoms with Gasteiger partial charge in [-0.1, -0.05) is 6.07 Å². The molecule has 116 valence electrons. The monoisotopic (exact) mass is 360 g/mol. The molecule has 9 heteroatoms. The van der Waals surface area contributed by atoms with E-state index >= 15 is 0 Å². The largest absolute Gasteiger partial charge is 1.00 e. The van der Waals surface area contributed by atoms with E-state index < -0.39 is 10.1 Å². The number of phenols is 1. The van der Waals surface area contributed by atoms with Gasteiger partial charge in [0, 0.05) is 5.56 Å². The number of nitrogens with one attached hydrogen (secondary N) is 1. The van der Waals surface area contributed by atoms with Crippen LogP contribution in [0.15, 0.2) is 52.5 Å². The van der Waals surface area contributed by atoms with Crippen molar-refractivity contribution in [2.75, 3.05) is 12.5 Å². The first-order valence-corrected chi connectivity index (χ1v) is 7.53. The number of para-hydroxylation sites is 1. The molecule has 2 N–H and O–H groups in total. The van der Waals surface area contributed by atoms with E-state index in [4.69, 9.17) is 4.74 Å². The molecule has 2 aromatic carbocycles. The number of ether oxygens (including phenoxy) is 1. The third-order valence-electron chi connectivity index (χ3n) is 2.79. The fourth-order valence-electron chi connectivity index (χ4n) is 1.68. The maximum Gasteiger partial charge on any atom is 1.00 e. The van der Waals surface area contributed by atoms with Gasteiger partial charge in [-0.15, -0.1) is 0 Å². The molecule has 0 aliphatic rings. The Morgan fingerprint density at radius 2 is 1.87 bits per heavy atom. The molecule has 23 heavy (non-hydrogen) atoms. The zero-order chi connectivity index (χ0) is 16.2. The number of methoxy groups -OCH3 is 1. The van der Waals surface area contributed by atoms with Crippen molar-refractivity contribution < 1.29 is 74.2 Å². The summed E-state index contributed by atoms with van der Waals surface area (Å²) in [7, 11) is -3.02. The number of rotatable bonds is 5. The first-order valence-electron chi connectivity index (χ1n) is 6.13. The second-order valence-corrected chi connectivity index (χ2v) is 5.63. The van der Waals surface area contributed by atoms with Crippen LogP contribution in [0.4, 0.5) is 5.69 Å². The Morgan fingerprint density at radius 3 is 2.43 bits per heavy atom. The summed E-state index contributed by atoms with van der Waals surface area (Å²) in [4.78, 5) is -0.313. The van der Waals surface area contributed by atoms with E-state index in [2.05, 4.69) is 10.5 Å². The van der Waals surface area contributed by atoms with Crippen LogP contribution in [-0.4, -0.2) is 31.4 Å². The number of hydrogen-bond donors (Lipinski definition) is 2. The predicted molar refractivity (Wildman–Crippen MR) is 80.3 cm³/mol. The third-order valence-corrected chi connectivity index (χ3v) is 3.64. The number of anilines is 1. The van der Waals surface area contributed by atoms with Gasteiger partial charge >= 0.3 is 51.4 Å². The van der Waals surface area contributed by atoms with Gasteiger partial charge in [-0.2, -0.15) is 5.10 Å². The third kappa shape index (κ3) is 5.57. The van der Waals surface area contributed by atoms with Crippen molar-refractivity contribution in [3.8, 4) is 11.5 Å². The molecule has 0 aliphatic carbocycles. The van der Waals surface area contributed by atoms with Gasteiger partial charge in [0.1, 0.15) is 10.1 Å². The summed E-state index contributed by atoms with van der Waals surface area (Å²) in [6.07, 6.45) is 1.39. The topological polar surface area (TPSA) is 111 Å². The quantitative estimate of drug-likeness (QED) is 0.298. The first kappa shape index (κ1) is 20.1. The molecule has 0 fully saturated rings. The van der Waals surface area contributed by atoms with Crippen LogP contribution in [0.1, 0.15) is 5.56 Å². The molecule has 0 saturated heterocycles. The molecule has 0 spiro atoms. The van der Waals surface area contributed by atoms with Gasteiger partial charge in [-0.25, -0.2) is 8.42 Å². The zero-order valence-electron chi connectivity index (χ0n) is 12.6. The van der Waals surface area contributed by atoms with Crippen molar-refractivity contribution in [1.82, 2.24) is 0 Å². The summed E-state index contributed by atoms with van der Waals surface area (Å²) in [6.45, 7) is 0. The second kappa shape index (κ2) is 8.78. The first-order chi connectivity index (χ1) is 10.4. The summed E-state index contributed by atoms with van der Waals surface area (Å²) in [6, 6.07) is 10.2. The minimum atomic E-state index is -4.46. The van der Waals surface area contributed by atoms with Gasteiger partial charge in [0.25, 0.3) is 0 Å². The van der Waals surface area contributed by atoms with Crippen LogP contribution in [0.3, 0.4) is 0 Å². The molecule has 2 rings (SSSR count). The van der Waals surface area contributed by atoms with Crippen LogP contribution in [0.5, 0.6) is 11.5 Å². The second-order valence-electron chi connectivity index (χ2n) is 4.25. The summed E-state index contributed by atoms with van der Waals surface area (Å²) in [5.41, 5.74) is 3.60. The fourth-order valence-corrected chi connectivity index (χ4v) is 2.15. The van der Waals surface area contributed by atoms with Crippen LogP contribution in [0, 0.1) is 0 Å². The number of nitrogens with zero attached hydrogens (tertiary/aromatic N) is 1. The van der Waals surface area contributed by atoms with E-state index in [1.54, 1.807) is 18.2 Å². The van der Waals surface area contributed by atoms with Gasteiger partial charge in [0.2, 0.25) is 0 Å². The van der Waals surface area contributed by atoms with Crippen LogP contribution >= 0.6 is 0 Å². The summed E-state index contributed by atoms with van der Waals surface area (Å²) >= 11 is 0. The summed E-state index contributed by atoms with van der Waals surface area (Å²) in [5, 5.41) is 13.8. The number of phenolic OH excluding ortho intramolecular Hbond substituents is 1. The Labute approximate surface area is 176 Å². The predicted octanol–water partition coefficient (Wildman–Crippen LogP) is -1.25. The zero-order valence-corrected chi connectivity index (χ0v) is 16.5. The summed E-state index contributed by atoms with van der Waals surface area (Å²) < 4.78 is 37.4. The molecular weight excluding hydrogens is 347 g/mol. The van der Waals surface area contributed by atoms with Crippen molar-refractivity contribution in [2.24, 2.45) is 5.10 Å². The van der Waals surface area contributed by atoms with Crippen molar-refractivity contribution >= 4 is 22.0 Å². The van der Waals surface area contributed by atoms with E-state index in [0.29, 0.717) is 17.0 Å². The van der Waals surface area contributed by atoms with Crippen molar-refractivity contribution in [3.63, 3.8) is 0 Å². The Balaban J connectivity index is 0.00000264. The molecule has 0 heterocycles. The number of hydrogen-bond acceptors (Lipinski definition) is 7. The molecule has 0 unspecified atom stereocenters. The van der Waals surface area contributed by atoms with Crippen molar-refractivity contribution in [3.05, 3.63) is 48.0 Å². The molecule has 0 amide bonds. The Morgan fingerprint density at radius 1 is 1.22 bits per heavy atom. The average molecular weight is 360 g/mol. The van der Waals surface area contributed by atoms with Crippen LogP contribution in [0.2, 0.25) is 0 Å². The van der Waals surface area contributed by atoms with Crippen LogP contribution in [-0.2, 0) is 10.1 Å². The van der Waals surface area contributed by atoms with E-state index in [0.717, 1.165) is 0 Å². The van der Waals surface area contributed by atoms with Crippen molar-refractivity contribution in [2.45, 2.75) is 4.90 Å². The molecule has 0 aromatic heterocycles. The Bertz CT molecular complexity index is 791. The van der Waals surface area contributed by atoms with E-state index in [9.17, 15) is 18.1 Å². The number of benzene rings is 2. The number of hydrazone groups is 1. The fraction of sp³-hybridized carbons (Fsp3) is 0.0714. The molecule has 0 bridgehead atoms. The Kier molecular flexibility index (Phi) is 7.68. The summed E-state index contributed by atoms with van der Waals surface area (Å²) in [5.74, 6) is 0.289. The maximum atomic E-state index is 10.8. The standard InChI is InChI=1S/C14H14N2O5S.K/c1-21-13-4-2-3-10(14(13)17)9-15-16-11-5-7-12(8-6-11)22(18,19)20;/h2-9,16-17H,1H3,(H,18,19,20);/q;+1/p-1. The minimum Gasteiger partial charge on any atom is -0.744 e. The van der Waals surface area contributed by atoms with Gasteiger partial charge in [-0.05, 0) is 36.4 Å². The normalized spacial score (nSPS) is 11.0. The maximum absolute atomic E-state index is 10.8. The number of aromatic hydroxyl groups is 1. The van der Waals surface area contributed by atoms with Crippen molar-refractivity contribution in [1.29, 1.82) is 0 Å². The van der Waals surface area contributed by atoms with Gasteiger partial charge in [0.15, 0.2) is 11.5 Å². The molecule has 7 nitrogen and oxygen atoms in total. The minimum absolute atomic E-state index is 0. The van der Waals surface area contributed by atoms with E-state index in [-0.39, 0.29) is 62.0 Å². The smallest absolute Gasteiger partial charge is 0.744 e. The SMILES string of the molecule is COc1cccc(C=NNc2ccc(S(=O)(=O)[O-])cc2)c1O.[K+]. The average Bonchev–Trinajstić information content (AvgIpc) is 2.48. The molecule has 0 atom stereocenters. The Hall–Kier alpha value is -0.944. The molecule has 0 aliphatic heterocycles. The molecular formula is C14H13KN2O5S.